The number of hydrogen-bond acceptors (Lipinski definition) is 5. The molecule has 0 fully saturated rings. The van der Waals surface area contributed by atoms with E-state index in [1.165, 1.54) is 0 Å². The third kappa shape index (κ3) is 2.47. The molecule has 2 heterocycles. The van der Waals surface area contributed by atoms with Crippen molar-refractivity contribution in [2.45, 2.75) is 13.5 Å². The van der Waals surface area contributed by atoms with Crippen molar-refractivity contribution in [3.8, 4) is 5.69 Å². The zero-order valence-corrected chi connectivity index (χ0v) is 10.4. The number of rotatable bonds is 4. The number of aryl methyl sites for hydroxylation is 1. The number of aromatic nitrogens is 4. The molecule has 0 bridgehead atoms. The summed E-state index contributed by atoms with van der Waals surface area (Å²) >= 11 is 0. The van der Waals surface area contributed by atoms with Gasteiger partial charge in [0.15, 0.2) is 0 Å². The predicted octanol–water partition coefficient (Wildman–Crippen LogP) is 2.18. The Morgan fingerprint density at radius 2 is 2.26 bits per heavy atom. The number of nitrogens with one attached hydrogen (secondary N) is 1. The second kappa shape index (κ2) is 4.93. The van der Waals surface area contributed by atoms with E-state index < -0.39 is 0 Å². The van der Waals surface area contributed by atoms with Crippen LogP contribution in [0, 0.1) is 6.92 Å². The second-order valence-corrected chi connectivity index (χ2v) is 4.19. The zero-order valence-electron chi connectivity index (χ0n) is 10.4. The lowest BCUT2D eigenvalue weighted by molar-refractivity contribution is 0.515. The van der Waals surface area contributed by atoms with E-state index in [2.05, 4.69) is 20.8 Å². The lowest BCUT2D eigenvalue weighted by Crippen LogP contribution is -2.01. The molecule has 6 nitrogen and oxygen atoms in total. The van der Waals surface area contributed by atoms with Crippen LogP contribution in [0.5, 0.6) is 0 Å². The van der Waals surface area contributed by atoms with Gasteiger partial charge in [0, 0.05) is 5.69 Å². The van der Waals surface area contributed by atoms with Gasteiger partial charge in [0.1, 0.15) is 12.1 Å². The van der Waals surface area contributed by atoms with Gasteiger partial charge in [-0.15, -0.1) is 5.10 Å². The molecule has 0 aliphatic rings. The van der Waals surface area contributed by atoms with Gasteiger partial charge in [0.25, 0.3) is 0 Å². The van der Waals surface area contributed by atoms with Crippen LogP contribution in [0.4, 0.5) is 5.69 Å². The number of hydrogen-bond donors (Lipinski definition) is 1. The predicted molar refractivity (Wildman–Crippen MR) is 69.9 cm³/mol. The Hall–Kier alpha value is -2.63. The van der Waals surface area contributed by atoms with E-state index in [1.54, 1.807) is 17.3 Å². The van der Waals surface area contributed by atoms with Crippen molar-refractivity contribution in [3.63, 3.8) is 0 Å². The van der Waals surface area contributed by atoms with Gasteiger partial charge in [-0.1, -0.05) is 6.07 Å². The molecule has 0 saturated heterocycles. The van der Waals surface area contributed by atoms with Crippen molar-refractivity contribution < 1.29 is 4.42 Å². The molecule has 3 rings (SSSR count). The molecule has 0 saturated carbocycles. The van der Waals surface area contributed by atoms with E-state index in [9.17, 15) is 0 Å². The van der Waals surface area contributed by atoms with Gasteiger partial charge in [-0.2, -0.15) is 0 Å². The molecule has 0 radical (unpaired) electrons. The molecule has 96 valence electrons. The highest BCUT2D eigenvalue weighted by atomic mass is 16.3. The zero-order chi connectivity index (χ0) is 13.1. The number of nitrogens with zero attached hydrogens (tertiary/aromatic N) is 4. The Bertz CT molecular complexity index is 659. The minimum Gasteiger partial charge on any atom is -0.467 e. The van der Waals surface area contributed by atoms with Gasteiger partial charge >= 0.3 is 0 Å². The van der Waals surface area contributed by atoms with Crippen molar-refractivity contribution in [2.75, 3.05) is 5.32 Å². The molecule has 0 spiro atoms. The van der Waals surface area contributed by atoms with E-state index >= 15 is 0 Å². The first-order valence-corrected chi connectivity index (χ1v) is 5.93. The van der Waals surface area contributed by atoms with Gasteiger partial charge in [-0.05, 0) is 47.2 Å². The fourth-order valence-electron chi connectivity index (χ4n) is 1.81. The molecule has 6 heteroatoms. The lowest BCUT2D eigenvalue weighted by Gasteiger charge is -2.07. The van der Waals surface area contributed by atoms with Crippen molar-refractivity contribution in [2.24, 2.45) is 0 Å². The van der Waals surface area contributed by atoms with Crippen LogP contribution in [-0.4, -0.2) is 20.2 Å². The molecule has 0 aliphatic heterocycles. The minimum atomic E-state index is 0.651. The summed E-state index contributed by atoms with van der Waals surface area (Å²) in [5, 5.41) is 14.4. The average Bonchev–Trinajstić information content (AvgIpc) is 3.08. The number of furan rings is 1. The maximum atomic E-state index is 5.39. The quantitative estimate of drug-likeness (QED) is 0.773. The van der Waals surface area contributed by atoms with Crippen LogP contribution in [0.1, 0.15) is 11.3 Å². The molecule has 19 heavy (non-hydrogen) atoms. The smallest absolute Gasteiger partial charge is 0.143 e. The van der Waals surface area contributed by atoms with Crippen LogP contribution in [0.2, 0.25) is 0 Å². The maximum absolute atomic E-state index is 5.39. The Kier molecular flexibility index (Phi) is 2.97. The van der Waals surface area contributed by atoms with E-state index in [0.717, 1.165) is 22.7 Å². The molecule has 0 aliphatic carbocycles. The van der Waals surface area contributed by atoms with Crippen LogP contribution in [0.25, 0.3) is 5.69 Å². The Morgan fingerprint density at radius 1 is 1.32 bits per heavy atom. The summed E-state index contributed by atoms with van der Waals surface area (Å²) in [6, 6.07) is 9.82. The second-order valence-electron chi connectivity index (χ2n) is 4.19. The first-order valence-electron chi connectivity index (χ1n) is 5.93. The van der Waals surface area contributed by atoms with Crippen LogP contribution < -0.4 is 5.32 Å². The summed E-state index contributed by atoms with van der Waals surface area (Å²) in [7, 11) is 0. The van der Waals surface area contributed by atoms with E-state index in [1.807, 2.05) is 37.3 Å². The highest BCUT2D eigenvalue weighted by Gasteiger charge is 2.03. The van der Waals surface area contributed by atoms with Crippen molar-refractivity contribution >= 4 is 5.69 Å². The third-order valence-corrected chi connectivity index (χ3v) is 2.88. The van der Waals surface area contributed by atoms with E-state index in [4.69, 9.17) is 4.42 Å². The first-order chi connectivity index (χ1) is 9.33. The summed E-state index contributed by atoms with van der Waals surface area (Å²) in [6.07, 6.45) is 3.26. The highest BCUT2D eigenvalue weighted by molar-refractivity contribution is 5.50. The van der Waals surface area contributed by atoms with Crippen molar-refractivity contribution in [1.29, 1.82) is 0 Å². The van der Waals surface area contributed by atoms with Gasteiger partial charge in [0.2, 0.25) is 0 Å². The number of benzene rings is 1. The molecule has 0 atom stereocenters. The van der Waals surface area contributed by atoms with Gasteiger partial charge < -0.3 is 9.73 Å². The molecular formula is C13H13N5O. The topological polar surface area (TPSA) is 68.8 Å². The summed E-state index contributed by atoms with van der Waals surface area (Å²) in [6.45, 7) is 2.68. The van der Waals surface area contributed by atoms with Crippen molar-refractivity contribution in [3.05, 3.63) is 54.2 Å². The van der Waals surface area contributed by atoms with Crippen LogP contribution >= 0.6 is 0 Å². The van der Waals surface area contributed by atoms with E-state index in [-0.39, 0.29) is 0 Å². The lowest BCUT2D eigenvalue weighted by atomic mass is 10.2. The Labute approximate surface area is 110 Å². The number of tetrazole rings is 1. The molecule has 1 aromatic carbocycles. The number of anilines is 1. The fourth-order valence-corrected chi connectivity index (χ4v) is 1.81. The first kappa shape index (κ1) is 11.5. The normalized spacial score (nSPS) is 10.6. The van der Waals surface area contributed by atoms with Crippen molar-refractivity contribution in [1.82, 2.24) is 20.2 Å². The summed E-state index contributed by atoms with van der Waals surface area (Å²) in [4.78, 5) is 0. The molecule has 2 aromatic heterocycles. The molecule has 0 unspecified atom stereocenters. The SMILES string of the molecule is Cc1ccoc1CNc1cccc(-n2cnnn2)c1. The van der Waals surface area contributed by atoms with Crippen LogP contribution in [0.3, 0.4) is 0 Å². The molecule has 3 aromatic rings. The third-order valence-electron chi connectivity index (χ3n) is 2.88. The summed E-state index contributed by atoms with van der Waals surface area (Å²) in [5.41, 5.74) is 3.04. The molecule has 1 N–H and O–H groups in total. The van der Waals surface area contributed by atoms with Crippen LogP contribution in [-0.2, 0) is 6.54 Å². The Balaban J connectivity index is 1.75. The monoisotopic (exact) mass is 255 g/mol. The molecular weight excluding hydrogens is 242 g/mol. The maximum Gasteiger partial charge on any atom is 0.143 e. The van der Waals surface area contributed by atoms with Gasteiger partial charge in [0.05, 0.1) is 18.5 Å². The average molecular weight is 255 g/mol. The standard InChI is InChI=1S/C13H13N5O/c1-10-5-6-19-13(10)8-14-11-3-2-4-12(7-11)18-9-15-16-17-18/h2-7,9,14H,8H2,1H3. The minimum absolute atomic E-state index is 0.651. The highest BCUT2D eigenvalue weighted by Crippen LogP contribution is 2.16. The summed E-state index contributed by atoms with van der Waals surface area (Å²) in [5.74, 6) is 0.938. The van der Waals surface area contributed by atoms with Gasteiger partial charge in [-0.25, -0.2) is 4.68 Å². The fraction of sp³-hybridized carbons (Fsp3) is 0.154. The van der Waals surface area contributed by atoms with E-state index in [0.29, 0.717) is 6.54 Å². The summed E-state index contributed by atoms with van der Waals surface area (Å²) < 4.78 is 7.00. The molecule has 0 amide bonds. The van der Waals surface area contributed by atoms with Gasteiger partial charge in [-0.3, -0.25) is 0 Å². The van der Waals surface area contributed by atoms with Crippen LogP contribution in [0.15, 0.2) is 47.3 Å². The largest absolute Gasteiger partial charge is 0.467 e. The Morgan fingerprint density at radius 3 is 3.00 bits per heavy atom.